The summed E-state index contributed by atoms with van der Waals surface area (Å²) in [5.74, 6) is -1.96. The minimum atomic E-state index is -1.21. The molecule has 1 aliphatic carbocycles. The topological polar surface area (TPSA) is 75.6 Å². The van der Waals surface area contributed by atoms with Crippen LogP contribution in [0.4, 0.5) is 9.18 Å². The number of halogens is 1. The van der Waals surface area contributed by atoms with Gasteiger partial charge in [-0.3, -0.25) is 0 Å². The number of aromatic carboxylic acids is 1. The lowest BCUT2D eigenvalue weighted by molar-refractivity contribution is 0.0696. The predicted octanol–water partition coefficient (Wildman–Crippen LogP) is 4.56. The third-order valence-corrected chi connectivity index (χ3v) is 5.07. The van der Waals surface area contributed by atoms with Crippen molar-refractivity contribution in [2.75, 3.05) is 6.61 Å². The second-order valence-corrected chi connectivity index (χ2v) is 6.79. The highest BCUT2D eigenvalue weighted by molar-refractivity contribution is 5.87. The number of carbonyl (C=O) groups is 2. The monoisotopic (exact) mass is 391 g/mol. The van der Waals surface area contributed by atoms with Crippen molar-refractivity contribution in [2.24, 2.45) is 0 Å². The molecule has 1 aliphatic rings. The van der Waals surface area contributed by atoms with Gasteiger partial charge in [0.2, 0.25) is 0 Å². The van der Waals surface area contributed by atoms with E-state index in [1.165, 1.54) is 12.1 Å². The zero-order chi connectivity index (χ0) is 20.4. The molecule has 2 N–H and O–H groups in total. The SMILES string of the molecule is O=C(NCc1ccc(C(=O)O)cc1F)OCC1c2ccccc2-c2ccccc21. The van der Waals surface area contributed by atoms with Gasteiger partial charge in [-0.1, -0.05) is 54.6 Å². The van der Waals surface area contributed by atoms with Crippen LogP contribution in [0, 0.1) is 5.82 Å². The summed E-state index contributed by atoms with van der Waals surface area (Å²) in [5.41, 5.74) is 4.53. The fourth-order valence-corrected chi connectivity index (χ4v) is 3.64. The van der Waals surface area contributed by atoms with Gasteiger partial charge in [0.05, 0.1) is 5.56 Å². The molecule has 0 spiro atoms. The number of hydrogen-bond acceptors (Lipinski definition) is 3. The second kappa shape index (κ2) is 7.75. The van der Waals surface area contributed by atoms with Gasteiger partial charge < -0.3 is 15.2 Å². The average molecular weight is 391 g/mol. The smallest absolute Gasteiger partial charge is 0.407 e. The lowest BCUT2D eigenvalue weighted by Crippen LogP contribution is -2.26. The van der Waals surface area contributed by atoms with E-state index in [2.05, 4.69) is 17.4 Å². The molecule has 0 aromatic heterocycles. The number of ether oxygens (including phenoxy) is 1. The van der Waals surface area contributed by atoms with Crippen molar-refractivity contribution >= 4 is 12.1 Å². The number of carbonyl (C=O) groups excluding carboxylic acids is 1. The molecule has 29 heavy (non-hydrogen) atoms. The van der Waals surface area contributed by atoms with E-state index in [0.29, 0.717) is 0 Å². The van der Waals surface area contributed by atoms with Crippen LogP contribution >= 0.6 is 0 Å². The lowest BCUT2D eigenvalue weighted by Gasteiger charge is -2.14. The summed E-state index contributed by atoms with van der Waals surface area (Å²) in [6.07, 6.45) is -0.659. The Hall–Kier alpha value is -3.67. The number of benzene rings is 3. The van der Waals surface area contributed by atoms with Gasteiger partial charge in [-0.05, 0) is 34.4 Å². The zero-order valence-corrected chi connectivity index (χ0v) is 15.4. The van der Waals surface area contributed by atoms with E-state index in [0.717, 1.165) is 28.3 Å². The van der Waals surface area contributed by atoms with E-state index in [1.807, 2.05) is 36.4 Å². The third kappa shape index (κ3) is 3.69. The number of rotatable bonds is 5. The Kier molecular flexibility index (Phi) is 4.99. The molecule has 4 rings (SSSR count). The first-order valence-corrected chi connectivity index (χ1v) is 9.15. The number of carboxylic acids is 1. The summed E-state index contributed by atoms with van der Waals surface area (Å²) in [6, 6.07) is 19.6. The van der Waals surface area contributed by atoms with Gasteiger partial charge in [-0.2, -0.15) is 0 Å². The van der Waals surface area contributed by atoms with Gasteiger partial charge >= 0.3 is 12.1 Å². The Morgan fingerprint density at radius 3 is 2.17 bits per heavy atom. The summed E-state index contributed by atoms with van der Waals surface area (Å²) >= 11 is 0. The van der Waals surface area contributed by atoms with Crippen molar-refractivity contribution in [3.63, 3.8) is 0 Å². The molecule has 0 bridgehead atoms. The molecule has 0 saturated heterocycles. The Labute approximate surface area is 166 Å². The Morgan fingerprint density at radius 1 is 0.966 bits per heavy atom. The summed E-state index contributed by atoms with van der Waals surface area (Å²) in [6.45, 7) is 0.0721. The number of fused-ring (bicyclic) bond motifs is 3. The number of nitrogens with one attached hydrogen (secondary N) is 1. The van der Waals surface area contributed by atoms with Crippen molar-refractivity contribution < 1.29 is 23.8 Å². The van der Waals surface area contributed by atoms with Gasteiger partial charge in [0.25, 0.3) is 0 Å². The van der Waals surface area contributed by atoms with E-state index in [-0.39, 0.29) is 30.2 Å². The highest BCUT2D eigenvalue weighted by Crippen LogP contribution is 2.44. The minimum Gasteiger partial charge on any atom is -0.478 e. The van der Waals surface area contributed by atoms with Crippen molar-refractivity contribution in [3.05, 3.63) is 94.8 Å². The van der Waals surface area contributed by atoms with Crippen LogP contribution in [0.15, 0.2) is 66.7 Å². The molecule has 3 aromatic rings. The fraction of sp³-hybridized carbons (Fsp3) is 0.130. The van der Waals surface area contributed by atoms with Crippen LogP contribution in [0.3, 0.4) is 0 Å². The Balaban J connectivity index is 1.40. The molecular weight excluding hydrogens is 373 g/mol. The van der Waals surface area contributed by atoms with Crippen LogP contribution < -0.4 is 5.32 Å². The molecular formula is C23H18FNO4. The van der Waals surface area contributed by atoms with E-state index in [4.69, 9.17) is 9.84 Å². The molecule has 0 unspecified atom stereocenters. The highest BCUT2D eigenvalue weighted by Gasteiger charge is 2.28. The number of carboxylic acid groups (broad SMARTS) is 1. The van der Waals surface area contributed by atoms with Crippen LogP contribution in [0.2, 0.25) is 0 Å². The van der Waals surface area contributed by atoms with Gasteiger partial charge in [0, 0.05) is 18.0 Å². The first-order valence-electron chi connectivity index (χ1n) is 9.15. The van der Waals surface area contributed by atoms with E-state index >= 15 is 0 Å². The molecule has 0 radical (unpaired) electrons. The van der Waals surface area contributed by atoms with Gasteiger partial charge in [0.1, 0.15) is 12.4 Å². The Morgan fingerprint density at radius 2 is 1.59 bits per heavy atom. The number of alkyl carbamates (subject to hydrolysis) is 1. The summed E-state index contributed by atoms with van der Waals surface area (Å²) in [4.78, 5) is 23.0. The average Bonchev–Trinajstić information content (AvgIpc) is 3.05. The van der Waals surface area contributed by atoms with E-state index in [1.54, 1.807) is 0 Å². The first-order chi connectivity index (χ1) is 14.0. The Bertz CT molecular complexity index is 1050. The molecule has 1 amide bonds. The maximum absolute atomic E-state index is 14.0. The molecule has 0 saturated carbocycles. The molecule has 0 aliphatic heterocycles. The standard InChI is InChI=1S/C23H18FNO4/c24-21-11-14(22(26)27)9-10-15(21)12-25-23(28)29-13-20-18-7-3-1-5-16(18)17-6-2-4-8-19(17)20/h1-11,20H,12-13H2,(H,25,28)(H,26,27). The summed E-state index contributed by atoms with van der Waals surface area (Å²) in [7, 11) is 0. The van der Waals surface area contributed by atoms with Crippen molar-refractivity contribution in [1.82, 2.24) is 5.32 Å². The molecule has 5 nitrogen and oxygen atoms in total. The summed E-state index contributed by atoms with van der Waals surface area (Å²) < 4.78 is 19.4. The third-order valence-electron chi connectivity index (χ3n) is 5.07. The maximum atomic E-state index is 14.0. The maximum Gasteiger partial charge on any atom is 0.407 e. The second-order valence-electron chi connectivity index (χ2n) is 6.79. The zero-order valence-electron chi connectivity index (χ0n) is 15.4. The molecule has 0 atom stereocenters. The molecule has 6 heteroatoms. The van der Waals surface area contributed by atoms with Gasteiger partial charge in [0.15, 0.2) is 0 Å². The van der Waals surface area contributed by atoms with Gasteiger partial charge in [-0.25, -0.2) is 14.0 Å². The van der Waals surface area contributed by atoms with Crippen LogP contribution in [-0.4, -0.2) is 23.8 Å². The molecule has 3 aromatic carbocycles. The van der Waals surface area contributed by atoms with E-state index in [9.17, 15) is 14.0 Å². The van der Waals surface area contributed by atoms with Crippen LogP contribution in [0.25, 0.3) is 11.1 Å². The van der Waals surface area contributed by atoms with Crippen LogP contribution in [0.1, 0.15) is 33.0 Å². The quantitative estimate of drug-likeness (QED) is 0.668. The number of amides is 1. The van der Waals surface area contributed by atoms with Crippen LogP contribution in [-0.2, 0) is 11.3 Å². The molecule has 146 valence electrons. The van der Waals surface area contributed by atoms with E-state index < -0.39 is 17.9 Å². The van der Waals surface area contributed by atoms with Crippen molar-refractivity contribution in [2.45, 2.75) is 12.5 Å². The largest absolute Gasteiger partial charge is 0.478 e. The first kappa shape index (κ1) is 18.7. The highest BCUT2D eigenvalue weighted by atomic mass is 19.1. The van der Waals surface area contributed by atoms with Crippen molar-refractivity contribution in [1.29, 1.82) is 0 Å². The summed E-state index contributed by atoms with van der Waals surface area (Å²) in [5, 5.41) is 11.4. The predicted molar refractivity (Wildman–Crippen MR) is 105 cm³/mol. The van der Waals surface area contributed by atoms with Gasteiger partial charge in [-0.15, -0.1) is 0 Å². The normalized spacial score (nSPS) is 12.2. The molecule has 0 fully saturated rings. The lowest BCUT2D eigenvalue weighted by atomic mass is 9.98. The number of hydrogen-bond donors (Lipinski definition) is 2. The van der Waals surface area contributed by atoms with Crippen molar-refractivity contribution in [3.8, 4) is 11.1 Å². The molecule has 0 heterocycles. The van der Waals surface area contributed by atoms with Crippen LogP contribution in [0.5, 0.6) is 0 Å². The fourth-order valence-electron chi connectivity index (χ4n) is 3.64. The minimum absolute atomic E-state index is 0.0558.